The minimum atomic E-state index is 0.766. The van der Waals surface area contributed by atoms with Crippen molar-refractivity contribution in [2.75, 3.05) is 14.2 Å². The molecule has 2 aromatic heterocycles. The lowest BCUT2D eigenvalue weighted by Crippen LogP contribution is -1.96. The fourth-order valence-electron chi connectivity index (χ4n) is 3.12. The van der Waals surface area contributed by atoms with E-state index in [4.69, 9.17) is 14.5 Å². The molecule has 0 bridgehead atoms. The molecule has 0 amide bonds. The van der Waals surface area contributed by atoms with Crippen molar-refractivity contribution >= 4 is 32.6 Å². The van der Waals surface area contributed by atoms with Crippen LogP contribution in [0.25, 0.3) is 37.5 Å². The maximum Gasteiger partial charge on any atom is 0.124 e. The van der Waals surface area contributed by atoms with E-state index >= 15 is 0 Å². The summed E-state index contributed by atoms with van der Waals surface area (Å²) in [7, 11) is 3.31. The fourth-order valence-corrected chi connectivity index (χ4v) is 4.12. The summed E-state index contributed by atoms with van der Waals surface area (Å²) in [6.07, 6.45) is 0. The van der Waals surface area contributed by atoms with Gasteiger partial charge in [0.1, 0.15) is 22.0 Å². The molecule has 0 saturated heterocycles. The van der Waals surface area contributed by atoms with Gasteiger partial charge in [-0.15, -0.1) is 16.4 Å². The number of nitrogens with zero attached hydrogens (tertiary/aromatic N) is 4. The van der Waals surface area contributed by atoms with Gasteiger partial charge < -0.3 is 9.47 Å². The largest absolute Gasteiger partial charge is 0.497 e. The monoisotopic (exact) mass is 388 g/mol. The Morgan fingerprint density at radius 1 is 0.821 bits per heavy atom. The molecule has 0 radical (unpaired) electrons. The van der Waals surface area contributed by atoms with Crippen LogP contribution in [0.4, 0.5) is 0 Å². The highest BCUT2D eigenvalue weighted by Crippen LogP contribution is 2.33. The zero-order valence-electron chi connectivity index (χ0n) is 15.3. The molecule has 0 fully saturated rings. The van der Waals surface area contributed by atoms with Gasteiger partial charge in [-0.05, 0) is 54.6 Å². The predicted molar refractivity (Wildman–Crippen MR) is 111 cm³/mol. The molecule has 0 aliphatic rings. The summed E-state index contributed by atoms with van der Waals surface area (Å²) in [5.41, 5.74) is 4.71. The SMILES string of the molecule is COc1ccc2c(c1)nnn2-c1ccc(-c2nc3ccc(OC)cc3s2)cc1. The summed E-state index contributed by atoms with van der Waals surface area (Å²) < 4.78 is 13.5. The molecular formula is C21H16N4O2S. The Morgan fingerprint density at radius 2 is 1.57 bits per heavy atom. The summed E-state index contributed by atoms with van der Waals surface area (Å²) in [4.78, 5) is 4.73. The maximum absolute atomic E-state index is 5.30. The predicted octanol–water partition coefficient (Wildman–Crippen LogP) is 4.71. The van der Waals surface area contributed by atoms with Crippen LogP contribution < -0.4 is 9.47 Å². The average molecular weight is 388 g/mol. The van der Waals surface area contributed by atoms with Crippen molar-refractivity contribution in [1.82, 2.24) is 20.0 Å². The van der Waals surface area contributed by atoms with Crippen LogP contribution >= 0.6 is 11.3 Å². The molecule has 2 heterocycles. The Labute approximate surface area is 165 Å². The topological polar surface area (TPSA) is 62.1 Å². The fraction of sp³-hybridized carbons (Fsp3) is 0.0952. The van der Waals surface area contributed by atoms with Crippen LogP contribution in [0.15, 0.2) is 60.7 Å². The summed E-state index contributed by atoms with van der Waals surface area (Å²) in [6.45, 7) is 0. The number of benzene rings is 3. The maximum atomic E-state index is 5.30. The van der Waals surface area contributed by atoms with E-state index in [1.54, 1.807) is 25.6 Å². The van der Waals surface area contributed by atoms with E-state index in [2.05, 4.69) is 22.4 Å². The van der Waals surface area contributed by atoms with Crippen molar-refractivity contribution in [2.24, 2.45) is 0 Å². The van der Waals surface area contributed by atoms with E-state index in [0.717, 1.165) is 49.0 Å². The van der Waals surface area contributed by atoms with Gasteiger partial charge in [-0.25, -0.2) is 9.67 Å². The summed E-state index contributed by atoms with van der Waals surface area (Å²) in [6, 6.07) is 19.8. The number of fused-ring (bicyclic) bond motifs is 2. The number of methoxy groups -OCH3 is 2. The Morgan fingerprint density at radius 3 is 2.36 bits per heavy atom. The van der Waals surface area contributed by atoms with Crippen molar-refractivity contribution in [1.29, 1.82) is 0 Å². The van der Waals surface area contributed by atoms with Gasteiger partial charge in [0, 0.05) is 11.6 Å². The van der Waals surface area contributed by atoms with Gasteiger partial charge in [-0.2, -0.15) is 0 Å². The minimum Gasteiger partial charge on any atom is -0.497 e. The van der Waals surface area contributed by atoms with Crippen LogP contribution in [0.3, 0.4) is 0 Å². The highest BCUT2D eigenvalue weighted by molar-refractivity contribution is 7.21. The summed E-state index contributed by atoms with van der Waals surface area (Å²) in [5.74, 6) is 1.61. The van der Waals surface area contributed by atoms with Gasteiger partial charge in [0.05, 0.1) is 35.6 Å². The Bertz CT molecular complexity index is 1290. The molecule has 0 saturated carbocycles. The third-order valence-corrected chi connectivity index (χ3v) is 5.67. The highest BCUT2D eigenvalue weighted by Gasteiger charge is 2.10. The molecule has 0 atom stereocenters. The molecule has 0 aliphatic heterocycles. The van der Waals surface area contributed by atoms with Crippen LogP contribution in [0.1, 0.15) is 0 Å². The Balaban J connectivity index is 1.51. The van der Waals surface area contributed by atoms with E-state index in [1.165, 1.54) is 0 Å². The number of hydrogen-bond acceptors (Lipinski definition) is 6. The molecule has 0 aliphatic carbocycles. The standard InChI is InChI=1S/C21H16N4O2S/c1-26-15-8-10-19-18(11-15)23-24-25(19)14-5-3-13(4-6-14)21-22-17-9-7-16(27-2)12-20(17)28-21/h3-12H,1-2H3. The lowest BCUT2D eigenvalue weighted by atomic mass is 10.2. The number of thiazole rings is 1. The van der Waals surface area contributed by atoms with Crippen molar-refractivity contribution in [3.63, 3.8) is 0 Å². The number of rotatable bonds is 4. The Kier molecular flexibility index (Phi) is 3.95. The third-order valence-electron chi connectivity index (χ3n) is 4.61. The lowest BCUT2D eigenvalue weighted by Gasteiger charge is -2.04. The van der Waals surface area contributed by atoms with Gasteiger partial charge in [0.2, 0.25) is 0 Å². The number of hydrogen-bond donors (Lipinski definition) is 0. The molecule has 0 unspecified atom stereocenters. The molecule has 5 rings (SSSR count). The first kappa shape index (κ1) is 16.7. The quantitative estimate of drug-likeness (QED) is 0.446. The average Bonchev–Trinajstić information content (AvgIpc) is 3.36. The molecule has 0 N–H and O–H groups in total. The van der Waals surface area contributed by atoms with Crippen molar-refractivity contribution in [2.45, 2.75) is 0 Å². The second kappa shape index (κ2) is 6.61. The molecule has 138 valence electrons. The van der Waals surface area contributed by atoms with Crippen molar-refractivity contribution in [3.05, 3.63) is 60.7 Å². The molecule has 7 heteroatoms. The summed E-state index contributed by atoms with van der Waals surface area (Å²) >= 11 is 1.65. The van der Waals surface area contributed by atoms with Gasteiger partial charge in [0.15, 0.2) is 0 Å². The van der Waals surface area contributed by atoms with Crippen LogP contribution in [-0.4, -0.2) is 34.2 Å². The first-order chi connectivity index (χ1) is 13.7. The third kappa shape index (κ3) is 2.76. The first-order valence-electron chi connectivity index (χ1n) is 8.70. The zero-order chi connectivity index (χ0) is 19.1. The molecule has 5 aromatic rings. The summed E-state index contributed by atoms with van der Waals surface area (Å²) in [5, 5.41) is 9.50. The van der Waals surface area contributed by atoms with Crippen molar-refractivity contribution in [3.8, 4) is 27.8 Å². The van der Waals surface area contributed by atoms with E-state index in [0.29, 0.717) is 0 Å². The number of aromatic nitrogens is 4. The zero-order valence-corrected chi connectivity index (χ0v) is 16.1. The second-order valence-corrected chi connectivity index (χ2v) is 7.29. The molecule has 0 spiro atoms. The second-order valence-electron chi connectivity index (χ2n) is 6.26. The van der Waals surface area contributed by atoms with E-state index in [-0.39, 0.29) is 0 Å². The molecule has 3 aromatic carbocycles. The minimum absolute atomic E-state index is 0.766. The molecule has 6 nitrogen and oxygen atoms in total. The van der Waals surface area contributed by atoms with Crippen LogP contribution in [0, 0.1) is 0 Å². The van der Waals surface area contributed by atoms with Gasteiger partial charge in [0.25, 0.3) is 0 Å². The van der Waals surface area contributed by atoms with Gasteiger partial charge in [-0.1, -0.05) is 5.21 Å². The molecule has 28 heavy (non-hydrogen) atoms. The Hall–Kier alpha value is -3.45. The first-order valence-corrected chi connectivity index (χ1v) is 9.51. The number of ether oxygens (including phenoxy) is 2. The van der Waals surface area contributed by atoms with Crippen LogP contribution in [-0.2, 0) is 0 Å². The van der Waals surface area contributed by atoms with Crippen molar-refractivity contribution < 1.29 is 9.47 Å². The smallest absolute Gasteiger partial charge is 0.124 e. The highest BCUT2D eigenvalue weighted by atomic mass is 32.1. The lowest BCUT2D eigenvalue weighted by molar-refractivity contribution is 0.415. The van der Waals surface area contributed by atoms with Gasteiger partial charge in [-0.3, -0.25) is 0 Å². The van der Waals surface area contributed by atoms with E-state index in [1.807, 2.05) is 53.2 Å². The van der Waals surface area contributed by atoms with E-state index < -0.39 is 0 Å². The molecular weight excluding hydrogens is 372 g/mol. The van der Waals surface area contributed by atoms with Crippen LogP contribution in [0.5, 0.6) is 11.5 Å². The van der Waals surface area contributed by atoms with Gasteiger partial charge >= 0.3 is 0 Å². The van der Waals surface area contributed by atoms with E-state index in [9.17, 15) is 0 Å². The van der Waals surface area contributed by atoms with Crippen LogP contribution in [0.2, 0.25) is 0 Å². The normalized spacial score (nSPS) is 11.2.